The lowest BCUT2D eigenvalue weighted by molar-refractivity contribution is 0.241. The van der Waals surface area contributed by atoms with Crippen molar-refractivity contribution >= 4 is 15.9 Å². The van der Waals surface area contributed by atoms with Crippen LogP contribution in [-0.2, 0) is 23.0 Å². The Morgan fingerprint density at radius 2 is 1.67 bits per heavy atom. The van der Waals surface area contributed by atoms with Gasteiger partial charge in [0.05, 0.1) is 17.0 Å². The number of nitrogens with zero attached hydrogens (tertiary/aromatic N) is 2. The van der Waals surface area contributed by atoms with Crippen LogP contribution in [0.1, 0.15) is 43.4 Å². The molecule has 0 amide bonds. The SMILES string of the molecule is Cc1ccc(CNC2=NCCNC23CCN(S(=O)(=O)c2ccc(CC(C)C)cc2)CC3)cc1. The molecule has 7 heteroatoms. The molecule has 33 heavy (non-hydrogen) atoms. The molecule has 0 unspecified atom stereocenters. The molecule has 4 rings (SSSR count). The summed E-state index contributed by atoms with van der Waals surface area (Å²) < 4.78 is 28.2. The van der Waals surface area contributed by atoms with E-state index >= 15 is 0 Å². The van der Waals surface area contributed by atoms with Crippen LogP contribution in [-0.4, -0.2) is 50.3 Å². The van der Waals surface area contributed by atoms with Crippen molar-refractivity contribution in [1.82, 2.24) is 14.9 Å². The van der Waals surface area contributed by atoms with Crippen LogP contribution >= 0.6 is 0 Å². The molecular weight excluding hydrogens is 432 g/mol. The van der Waals surface area contributed by atoms with Gasteiger partial charge in [-0.1, -0.05) is 55.8 Å². The molecule has 0 aliphatic carbocycles. The van der Waals surface area contributed by atoms with E-state index in [0.717, 1.165) is 25.3 Å². The number of nitrogens with one attached hydrogen (secondary N) is 2. The van der Waals surface area contributed by atoms with Gasteiger partial charge in [0.15, 0.2) is 0 Å². The molecule has 2 aromatic rings. The van der Waals surface area contributed by atoms with Crippen LogP contribution in [0.3, 0.4) is 0 Å². The van der Waals surface area contributed by atoms with Gasteiger partial charge < -0.3 is 10.6 Å². The van der Waals surface area contributed by atoms with Gasteiger partial charge in [-0.25, -0.2) is 8.42 Å². The zero-order chi connectivity index (χ0) is 23.5. The summed E-state index contributed by atoms with van der Waals surface area (Å²) in [7, 11) is -3.49. The molecule has 0 bridgehead atoms. The van der Waals surface area contributed by atoms with Crippen LogP contribution in [0, 0.1) is 12.8 Å². The highest BCUT2D eigenvalue weighted by molar-refractivity contribution is 7.89. The van der Waals surface area contributed by atoms with E-state index in [4.69, 9.17) is 4.99 Å². The molecule has 2 heterocycles. The summed E-state index contributed by atoms with van der Waals surface area (Å²) in [5.41, 5.74) is 3.35. The molecule has 1 fully saturated rings. The van der Waals surface area contributed by atoms with Crippen molar-refractivity contribution in [2.24, 2.45) is 10.9 Å². The van der Waals surface area contributed by atoms with Crippen LogP contribution in [0.25, 0.3) is 0 Å². The fourth-order valence-corrected chi connectivity index (χ4v) is 6.20. The zero-order valence-electron chi connectivity index (χ0n) is 20.0. The number of amidine groups is 1. The summed E-state index contributed by atoms with van der Waals surface area (Å²) in [6.07, 6.45) is 2.37. The van der Waals surface area contributed by atoms with Crippen LogP contribution in [0.5, 0.6) is 0 Å². The number of rotatable bonds is 6. The fraction of sp³-hybridized carbons (Fsp3) is 0.500. The van der Waals surface area contributed by atoms with Gasteiger partial charge in [0.25, 0.3) is 0 Å². The minimum atomic E-state index is -3.49. The lowest BCUT2D eigenvalue weighted by Crippen LogP contribution is -2.64. The molecular formula is C26H36N4O2S. The minimum absolute atomic E-state index is 0.282. The van der Waals surface area contributed by atoms with Crippen LogP contribution in [0.15, 0.2) is 58.4 Å². The van der Waals surface area contributed by atoms with Gasteiger partial charge in [-0.15, -0.1) is 0 Å². The highest BCUT2D eigenvalue weighted by atomic mass is 32.2. The Bertz CT molecular complexity index is 1070. The largest absolute Gasteiger partial charge is 0.368 e. The third kappa shape index (κ3) is 5.48. The summed E-state index contributed by atoms with van der Waals surface area (Å²) in [6.45, 7) is 9.66. The number of sulfonamides is 1. The summed E-state index contributed by atoms with van der Waals surface area (Å²) in [5, 5.41) is 7.20. The first-order chi connectivity index (χ1) is 15.8. The number of benzene rings is 2. The Morgan fingerprint density at radius 3 is 2.30 bits per heavy atom. The third-order valence-corrected chi connectivity index (χ3v) is 8.57. The molecule has 0 radical (unpaired) electrons. The van der Waals surface area contributed by atoms with Crippen molar-refractivity contribution in [3.8, 4) is 0 Å². The maximum Gasteiger partial charge on any atom is 0.243 e. The predicted molar refractivity (Wildman–Crippen MR) is 134 cm³/mol. The van der Waals surface area contributed by atoms with Crippen molar-refractivity contribution < 1.29 is 8.42 Å². The van der Waals surface area contributed by atoms with Gasteiger partial charge in [0, 0.05) is 26.2 Å². The second kappa shape index (κ2) is 9.95. The van der Waals surface area contributed by atoms with E-state index < -0.39 is 10.0 Å². The van der Waals surface area contributed by atoms with E-state index in [1.54, 1.807) is 16.4 Å². The first-order valence-electron chi connectivity index (χ1n) is 12.0. The van der Waals surface area contributed by atoms with E-state index in [9.17, 15) is 8.42 Å². The smallest absolute Gasteiger partial charge is 0.243 e. The monoisotopic (exact) mass is 468 g/mol. The molecule has 0 aromatic heterocycles. The van der Waals surface area contributed by atoms with Gasteiger partial charge in [-0.05, 0) is 55.4 Å². The molecule has 1 spiro atoms. The summed E-state index contributed by atoms with van der Waals surface area (Å²) in [6, 6.07) is 15.9. The average Bonchev–Trinajstić information content (AvgIpc) is 2.80. The van der Waals surface area contributed by atoms with Gasteiger partial charge in [-0.2, -0.15) is 4.31 Å². The highest BCUT2D eigenvalue weighted by Crippen LogP contribution is 2.29. The molecule has 2 aliphatic rings. The molecule has 2 N–H and O–H groups in total. The topological polar surface area (TPSA) is 73.8 Å². The predicted octanol–water partition coefficient (Wildman–Crippen LogP) is 3.51. The van der Waals surface area contributed by atoms with E-state index in [1.807, 2.05) is 12.1 Å². The summed E-state index contributed by atoms with van der Waals surface area (Å²) in [4.78, 5) is 5.18. The number of aryl methyl sites for hydroxylation is 1. The van der Waals surface area contributed by atoms with Crippen molar-refractivity contribution in [2.75, 3.05) is 26.2 Å². The van der Waals surface area contributed by atoms with E-state index in [2.05, 4.69) is 55.7 Å². The van der Waals surface area contributed by atoms with Crippen molar-refractivity contribution in [3.63, 3.8) is 0 Å². The maximum atomic E-state index is 13.3. The lowest BCUT2D eigenvalue weighted by atomic mass is 9.85. The Kier molecular flexibility index (Phi) is 7.22. The number of hydrogen-bond donors (Lipinski definition) is 2. The normalized spacial score (nSPS) is 19.0. The molecule has 0 saturated carbocycles. The van der Waals surface area contributed by atoms with Gasteiger partial charge in [0.1, 0.15) is 5.84 Å². The van der Waals surface area contributed by atoms with Crippen LogP contribution in [0.2, 0.25) is 0 Å². The van der Waals surface area contributed by atoms with E-state index in [0.29, 0.717) is 43.3 Å². The highest BCUT2D eigenvalue weighted by Gasteiger charge is 2.43. The van der Waals surface area contributed by atoms with Crippen LogP contribution in [0.4, 0.5) is 0 Å². The second-order valence-corrected chi connectivity index (χ2v) is 11.7. The average molecular weight is 469 g/mol. The van der Waals surface area contributed by atoms with Gasteiger partial charge in [0.2, 0.25) is 10.0 Å². The molecule has 0 atom stereocenters. The Balaban J connectivity index is 1.42. The Hall–Kier alpha value is -2.22. The van der Waals surface area contributed by atoms with E-state index in [-0.39, 0.29) is 5.54 Å². The fourth-order valence-electron chi connectivity index (χ4n) is 4.75. The Labute approximate surface area is 198 Å². The summed E-state index contributed by atoms with van der Waals surface area (Å²) >= 11 is 0. The van der Waals surface area contributed by atoms with Gasteiger partial charge in [-0.3, -0.25) is 4.99 Å². The van der Waals surface area contributed by atoms with Crippen molar-refractivity contribution in [1.29, 1.82) is 0 Å². The molecule has 2 aromatic carbocycles. The number of hydrogen-bond acceptors (Lipinski definition) is 5. The molecule has 178 valence electrons. The number of piperidine rings is 1. The minimum Gasteiger partial charge on any atom is -0.368 e. The van der Waals surface area contributed by atoms with Crippen molar-refractivity contribution in [3.05, 3.63) is 65.2 Å². The second-order valence-electron chi connectivity index (χ2n) is 9.72. The zero-order valence-corrected chi connectivity index (χ0v) is 20.8. The third-order valence-electron chi connectivity index (χ3n) is 6.66. The summed E-state index contributed by atoms with van der Waals surface area (Å²) in [5.74, 6) is 1.51. The number of aliphatic imine (C=N–C) groups is 1. The van der Waals surface area contributed by atoms with Gasteiger partial charge >= 0.3 is 0 Å². The van der Waals surface area contributed by atoms with Crippen LogP contribution < -0.4 is 10.6 Å². The quantitative estimate of drug-likeness (QED) is 0.681. The first-order valence-corrected chi connectivity index (χ1v) is 13.4. The van der Waals surface area contributed by atoms with E-state index in [1.165, 1.54) is 16.7 Å². The first kappa shape index (κ1) is 23.9. The lowest BCUT2D eigenvalue weighted by Gasteiger charge is -2.44. The van der Waals surface area contributed by atoms with Crippen molar-refractivity contribution in [2.45, 2.75) is 57.0 Å². The molecule has 6 nitrogen and oxygen atoms in total. The standard InChI is InChI=1S/C26H36N4O2S/c1-20(2)18-22-8-10-24(11-9-22)33(31,32)30-16-12-26(13-17-30)25(27-14-15-29-26)28-19-23-6-4-21(3)5-7-23/h4-11,20,29H,12-19H2,1-3H3,(H,27,28). The molecule has 2 aliphatic heterocycles. The molecule has 1 saturated heterocycles. The maximum absolute atomic E-state index is 13.3. The Morgan fingerprint density at radius 1 is 1.03 bits per heavy atom.